The van der Waals surface area contributed by atoms with Crippen molar-refractivity contribution < 1.29 is 0 Å². The second-order valence-electron chi connectivity index (χ2n) is 6.17. The van der Waals surface area contributed by atoms with Gasteiger partial charge in [0, 0.05) is 0 Å². The van der Waals surface area contributed by atoms with E-state index in [1.807, 2.05) is 0 Å². The highest BCUT2D eigenvalue weighted by molar-refractivity contribution is 6.48. The SMILES string of the molecule is C=C([B]C(C)(C)C)C(C)C(C)(C)C. The predicted molar refractivity (Wildman–Crippen MR) is 63.2 cm³/mol. The Kier molecular flexibility index (Phi) is 3.84. The van der Waals surface area contributed by atoms with Crippen molar-refractivity contribution in [3.8, 4) is 0 Å². The van der Waals surface area contributed by atoms with Crippen LogP contribution in [0.15, 0.2) is 12.1 Å². The Morgan fingerprint density at radius 2 is 1.46 bits per heavy atom. The molecule has 0 aromatic carbocycles. The molecule has 0 amide bonds. The van der Waals surface area contributed by atoms with Gasteiger partial charge in [0.1, 0.15) is 0 Å². The van der Waals surface area contributed by atoms with Crippen molar-refractivity contribution in [1.82, 2.24) is 0 Å². The van der Waals surface area contributed by atoms with E-state index in [0.29, 0.717) is 11.3 Å². The van der Waals surface area contributed by atoms with E-state index in [1.54, 1.807) is 0 Å². The molecule has 0 bridgehead atoms. The Balaban J connectivity index is 4.30. The van der Waals surface area contributed by atoms with Gasteiger partial charge in [0.25, 0.3) is 0 Å². The first-order chi connectivity index (χ1) is 5.54. The first-order valence-electron chi connectivity index (χ1n) is 5.09. The van der Waals surface area contributed by atoms with Crippen molar-refractivity contribution >= 4 is 7.28 Å². The second-order valence-corrected chi connectivity index (χ2v) is 6.17. The monoisotopic (exact) mass is 179 g/mol. The molecule has 0 aliphatic carbocycles. The van der Waals surface area contributed by atoms with E-state index in [2.05, 4.69) is 62.3 Å². The van der Waals surface area contributed by atoms with E-state index in [9.17, 15) is 0 Å². The van der Waals surface area contributed by atoms with E-state index < -0.39 is 0 Å². The van der Waals surface area contributed by atoms with Crippen molar-refractivity contribution in [1.29, 1.82) is 0 Å². The van der Waals surface area contributed by atoms with Crippen LogP contribution in [0.2, 0.25) is 5.31 Å². The van der Waals surface area contributed by atoms with Gasteiger partial charge < -0.3 is 0 Å². The summed E-state index contributed by atoms with van der Waals surface area (Å²) in [5.41, 5.74) is 1.58. The van der Waals surface area contributed by atoms with E-state index in [-0.39, 0.29) is 5.31 Å². The van der Waals surface area contributed by atoms with Crippen LogP contribution in [0.5, 0.6) is 0 Å². The lowest BCUT2D eigenvalue weighted by Gasteiger charge is -2.31. The molecule has 0 N–H and O–H groups in total. The topological polar surface area (TPSA) is 0 Å². The van der Waals surface area contributed by atoms with Gasteiger partial charge in [-0.1, -0.05) is 53.8 Å². The lowest BCUT2D eigenvalue weighted by molar-refractivity contribution is 0.309. The van der Waals surface area contributed by atoms with E-state index >= 15 is 0 Å². The van der Waals surface area contributed by atoms with Gasteiger partial charge >= 0.3 is 0 Å². The lowest BCUT2D eigenvalue weighted by atomic mass is 9.47. The molecule has 0 rings (SSSR count). The van der Waals surface area contributed by atoms with Crippen molar-refractivity contribution in [2.45, 2.75) is 53.8 Å². The number of allylic oxidation sites excluding steroid dienone is 1. The normalized spacial score (nSPS) is 15.3. The molecule has 0 heterocycles. The van der Waals surface area contributed by atoms with Crippen molar-refractivity contribution in [2.75, 3.05) is 0 Å². The Hall–Kier alpha value is -0.195. The standard InChI is InChI=1S/C12H24B/c1-9(11(3,4)5)10(2)13-12(6,7)8/h9H,2H2,1,3-8H3. The summed E-state index contributed by atoms with van der Waals surface area (Å²) in [5, 5.41) is 0.247. The highest BCUT2D eigenvalue weighted by atomic mass is 14.2. The summed E-state index contributed by atoms with van der Waals surface area (Å²) in [6, 6.07) is 0. The number of rotatable bonds is 2. The minimum Gasteiger partial charge on any atom is -0.112 e. The van der Waals surface area contributed by atoms with Gasteiger partial charge in [-0.25, -0.2) is 0 Å². The fourth-order valence-corrected chi connectivity index (χ4v) is 1.24. The Morgan fingerprint density at radius 1 is 1.08 bits per heavy atom. The summed E-state index contributed by atoms with van der Waals surface area (Å²) in [4.78, 5) is 0. The molecule has 13 heavy (non-hydrogen) atoms. The van der Waals surface area contributed by atoms with Crippen LogP contribution in [0.3, 0.4) is 0 Å². The van der Waals surface area contributed by atoms with Crippen LogP contribution >= 0.6 is 0 Å². The molecule has 1 unspecified atom stereocenters. The second kappa shape index (κ2) is 3.90. The van der Waals surface area contributed by atoms with Gasteiger partial charge in [-0.05, 0) is 11.3 Å². The van der Waals surface area contributed by atoms with Crippen LogP contribution in [-0.4, -0.2) is 7.28 Å². The average molecular weight is 179 g/mol. The van der Waals surface area contributed by atoms with Crippen LogP contribution in [0.25, 0.3) is 0 Å². The summed E-state index contributed by atoms with van der Waals surface area (Å²) in [6.07, 6.45) is 0. The molecule has 0 aromatic rings. The minimum atomic E-state index is 0.247. The Morgan fingerprint density at radius 3 is 1.69 bits per heavy atom. The van der Waals surface area contributed by atoms with Crippen molar-refractivity contribution in [2.24, 2.45) is 11.3 Å². The Labute approximate surface area is 85.1 Å². The molecule has 0 nitrogen and oxygen atoms in total. The van der Waals surface area contributed by atoms with E-state index in [0.717, 1.165) is 0 Å². The zero-order chi connectivity index (χ0) is 10.9. The van der Waals surface area contributed by atoms with Gasteiger partial charge in [0.05, 0.1) is 0 Å². The third-order valence-corrected chi connectivity index (χ3v) is 2.47. The third kappa shape index (κ3) is 5.18. The summed E-state index contributed by atoms with van der Waals surface area (Å²) in [5.74, 6) is 0.548. The smallest absolute Gasteiger partial charge is 0.112 e. The zero-order valence-corrected chi connectivity index (χ0v) is 10.4. The highest BCUT2D eigenvalue weighted by Gasteiger charge is 2.25. The molecule has 0 aliphatic heterocycles. The van der Waals surface area contributed by atoms with Crippen LogP contribution in [0.1, 0.15) is 48.5 Å². The number of hydrogen-bond donors (Lipinski definition) is 0. The Bertz CT molecular complexity index is 178. The van der Waals surface area contributed by atoms with Crippen LogP contribution < -0.4 is 0 Å². The van der Waals surface area contributed by atoms with Gasteiger partial charge in [-0.15, -0.1) is 12.1 Å². The summed E-state index contributed by atoms with van der Waals surface area (Å²) < 4.78 is 0. The minimum absolute atomic E-state index is 0.247. The third-order valence-electron chi connectivity index (χ3n) is 2.47. The van der Waals surface area contributed by atoms with Gasteiger partial charge in [0.15, 0.2) is 7.28 Å². The van der Waals surface area contributed by atoms with Gasteiger partial charge in [-0.2, -0.15) is 0 Å². The largest absolute Gasteiger partial charge is 0.151 e. The maximum Gasteiger partial charge on any atom is 0.151 e. The summed E-state index contributed by atoms with van der Waals surface area (Å²) >= 11 is 0. The average Bonchev–Trinajstić information content (AvgIpc) is 1.79. The first kappa shape index (κ1) is 12.8. The van der Waals surface area contributed by atoms with E-state index in [1.165, 1.54) is 5.47 Å². The summed E-state index contributed by atoms with van der Waals surface area (Å²) in [7, 11) is 2.28. The summed E-state index contributed by atoms with van der Waals surface area (Å²) in [6.45, 7) is 19.8. The zero-order valence-electron chi connectivity index (χ0n) is 10.4. The van der Waals surface area contributed by atoms with Gasteiger partial charge in [-0.3, -0.25) is 0 Å². The fraction of sp³-hybridized carbons (Fsp3) is 0.833. The molecular weight excluding hydrogens is 155 g/mol. The van der Waals surface area contributed by atoms with Gasteiger partial charge in [0.2, 0.25) is 0 Å². The lowest BCUT2D eigenvalue weighted by Crippen LogP contribution is -2.24. The van der Waals surface area contributed by atoms with E-state index in [4.69, 9.17) is 0 Å². The van der Waals surface area contributed by atoms with Crippen molar-refractivity contribution in [3.63, 3.8) is 0 Å². The molecule has 1 radical (unpaired) electrons. The maximum absolute atomic E-state index is 4.15. The molecule has 0 fully saturated rings. The fourth-order valence-electron chi connectivity index (χ4n) is 1.24. The van der Waals surface area contributed by atoms with Crippen LogP contribution in [0.4, 0.5) is 0 Å². The van der Waals surface area contributed by atoms with Crippen molar-refractivity contribution in [3.05, 3.63) is 12.1 Å². The molecule has 0 spiro atoms. The van der Waals surface area contributed by atoms with Crippen LogP contribution in [-0.2, 0) is 0 Å². The predicted octanol–water partition coefficient (Wildman–Crippen LogP) is 4.10. The molecule has 0 saturated carbocycles. The molecule has 75 valence electrons. The molecule has 0 saturated heterocycles. The number of hydrogen-bond acceptors (Lipinski definition) is 0. The molecule has 1 heteroatoms. The molecule has 1 atom stereocenters. The molecule has 0 aliphatic rings. The quantitative estimate of drug-likeness (QED) is 0.559. The molecule has 0 aromatic heterocycles. The maximum atomic E-state index is 4.15. The van der Waals surface area contributed by atoms with Crippen LogP contribution in [0, 0.1) is 11.3 Å². The highest BCUT2D eigenvalue weighted by Crippen LogP contribution is 2.34. The molecular formula is C12H24B. The first-order valence-corrected chi connectivity index (χ1v) is 5.09.